The third kappa shape index (κ3) is 2.77. The lowest BCUT2D eigenvalue weighted by Crippen LogP contribution is -2.06. The average Bonchev–Trinajstić information content (AvgIpc) is 2.82. The normalized spacial score (nSPS) is 10.5. The Kier molecular flexibility index (Phi) is 3.64. The van der Waals surface area contributed by atoms with Gasteiger partial charge in [-0.3, -0.25) is 0 Å². The fraction of sp³-hybridized carbons (Fsp3) is 0.200. The van der Waals surface area contributed by atoms with Gasteiger partial charge in [0.2, 0.25) is 0 Å². The SMILES string of the molecule is C=Cc1ccc(OC(C)C)c(-c2ccsc2)c1. The molecule has 0 amide bonds. The first-order valence-electron chi connectivity index (χ1n) is 5.66. The maximum Gasteiger partial charge on any atom is 0.127 e. The van der Waals surface area contributed by atoms with E-state index in [2.05, 4.69) is 29.5 Å². The van der Waals surface area contributed by atoms with Crippen LogP contribution in [0.1, 0.15) is 19.4 Å². The zero-order valence-electron chi connectivity index (χ0n) is 10.1. The van der Waals surface area contributed by atoms with E-state index in [4.69, 9.17) is 4.74 Å². The fourth-order valence-corrected chi connectivity index (χ4v) is 2.33. The number of hydrogen-bond acceptors (Lipinski definition) is 2. The molecule has 2 aromatic rings. The summed E-state index contributed by atoms with van der Waals surface area (Å²) in [6.07, 6.45) is 2.04. The molecule has 0 aliphatic carbocycles. The zero-order chi connectivity index (χ0) is 12.3. The van der Waals surface area contributed by atoms with E-state index in [1.807, 2.05) is 32.1 Å². The van der Waals surface area contributed by atoms with Crippen molar-refractivity contribution in [3.63, 3.8) is 0 Å². The minimum atomic E-state index is 0.182. The smallest absolute Gasteiger partial charge is 0.127 e. The van der Waals surface area contributed by atoms with Crippen molar-refractivity contribution in [1.29, 1.82) is 0 Å². The van der Waals surface area contributed by atoms with Gasteiger partial charge in [0.1, 0.15) is 5.75 Å². The van der Waals surface area contributed by atoms with Crippen molar-refractivity contribution in [3.05, 3.63) is 47.2 Å². The van der Waals surface area contributed by atoms with E-state index in [1.54, 1.807) is 11.3 Å². The summed E-state index contributed by atoms with van der Waals surface area (Å²) in [6.45, 7) is 7.89. The lowest BCUT2D eigenvalue weighted by Gasteiger charge is -2.14. The molecular formula is C15H16OS. The molecule has 0 aliphatic rings. The molecule has 2 rings (SSSR count). The Morgan fingerprint density at radius 1 is 1.29 bits per heavy atom. The van der Waals surface area contributed by atoms with Gasteiger partial charge in [0, 0.05) is 5.56 Å². The minimum Gasteiger partial charge on any atom is -0.490 e. The Labute approximate surface area is 106 Å². The quantitative estimate of drug-likeness (QED) is 0.747. The van der Waals surface area contributed by atoms with Gasteiger partial charge in [-0.05, 0) is 53.9 Å². The Morgan fingerprint density at radius 2 is 2.12 bits per heavy atom. The maximum atomic E-state index is 5.84. The zero-order valence-corrected chi connectivity index (χ0v) is 11.0. The molecule has 0 N–H and O–H groups in total. The van der Waals surface area contributed by atoms with Gasteiger partial charge in [0.15, 0.2) is 0 Å². The second kappa shape index (κ2) is 5.19. The average molecular weight is 244 g/mol. The second-order valence-electron chi connectivity index (χ2n) is 4.14. The van der Waals surface area contributed by atoms with Crippen LogP contribution in [0.15, 0.2) is 41.6 Å². The molecule has 88 valence electrons. The highest BCUT2D eigenvalue weighted by Crippen LogP contribution is 2.33. The molecule has 1 aromatic heterocycles. The van der Waals surface area contributed by atoms with Gasteiger partial charge in [0.05, 0.1) is 6.10 Å². The van der Waals surface area contributed by atoms with Crippen LogP contribution in [-0.4, -0.2) is 6.10 Å². The van der Waals surface area contributed by atoms with Gasteiger partial charge in [-0.1, -0.05) is 18.7 Å². The standard InChI is InChI=1S/C15H16OS/c1-4-12-5-6-15(16-11(2)3)14(9-12)13-7-8-17-10-13/h4-11H,1H2,2-3H3. The molecule has 0 spiro atoms. The van der Waals surface area contributed by atoms with Crippen LogP contribution in [0.5, 0.6) is 5.75 Å². The van der Waals surface area contributed by atoms with Crippen LogP contribution in [0, 0.1) is 0 Å². The van der Waals surface area contributed by atoms with E-state index in [0.717, 1.165) is 16.9 Å². The molecule has 0 radical (unpaired) electrons. The molecular weight excluding hydrogens is 228 g/mol. The highest BCUT2D eigenvalue weighted by molar-refractivity contribution is 7.08. The summed E-state index contributed by atoms with van der Waals surface area (Å²) in [6, 6.07) is 8.28. The second-order valence-corrected chi connectivity index (χ2v) is 4.92. The predicted molar refractivity (Wildman–Crippen MR) is 75.6 cm³/mol. The van der Waals surface area contributed by atoms with Gasteiger partial charge in [-0.15, -0.1) is 0 Å². The molecule has 0 unspecified atom stereocenters. The monoisotopic (exact) mass is 244 g/mol. The number of thiophene rings is 1. The van der Waals surface area contributed by atoms with Crippen molar-refractivity contribution in [2.24, 2.45) is 0 Å². The number of hydrogen-bond donors (Lipinski definition) is 0. The summed E-state index contributed by atoms with van der Waals surface area (Å²) in [4.78, 5) is 0. The van der Waals surface area contributed by atoms with Crippen LogP contribution in [0.4, 0.5) is 0 Å². The topological polar surface area (TPSA) is 9.23 Å². The Bertz CT molecular complexity index is 498. The maximum absolute atomic E-state index is 5.84. The molecule has 0 saturated heterocycles. The Balaban J connectivity index is 2.48. The summed E-state index contributed by atoms with van der Waals surface area (Å²) < 4.78 is 5.84. The number of rotatable bonds is 4. The van der Waals surface area contributed by atoms with Crippen molar-refractivity contribution >= 4 is 17.4 Å². The molecule has 1 aromatic carbocycles. The van der Waals surface area contributed by atoms with E-state index in [0.29, 0.717) is 0 Å². The van der Waals surface area contributed by atoms with Crippen molar-refractivity contribution in [2.45, 2.75) is 20.0 Å². The van der Waals surface area contributed by atoms with Gasteiger partial charge >= 0.3 is 0 Å². The van der Waals surface area contributed by atoms with E-state index in [1.165, 1.54) is 5.56 Å². The molecule has 17 heavy (non-hydrogen) atoms. The highest BCUT2D eigenvalue weighted by atomic mass is 32.1. The summed E-state index contributed by atoms with van der Waals surface area (Å²) in [5.74, 6) is 0.934. The van der Waals surface area contributed by atoms with Gasteiger partial charge in [-0.2, -0.15) is 11.3 Å². The van der Waals surface area contributed by atoms with Crippen LogP contribution in [-0.2, 0) is 0 Å². The van der Waals surface area contributed by atoms with Crippen molar-refractivity contribution in [3.8, 4) is 16.9 Å². The van der Waals surface area contributed by atoms with Crippen molar-refractivity contribution in [2.75, 3.05) is 0 Å². The number of ether oxygens (including phenoxy) is 1. The Hall–Kier alpha value is -1.54. The summed E-state index contributed by atoms with van der Waals surface area (Å²) >= 11 is 1.69. The highest BCUT2D eigenvalue weighted by Gasteiger charge is 2.08. The first kappa shape index (κ1) is 11.9. The van der Waals surface area contributed by atoms with Gasteiger partial charge < -0.3 is 4.74 Å². The van der Waals surface area contributed by atoms with E-state index in [-0.39, 0.29) is 6.10 Å². The van der Waals surface area contributed by atoms with Gasteiger partial charge in [-0.25, -0.2) is 0 Å². The molecule has 0 bridgehead atoms. The van der Waals surface area contributed by atoms with Crippen molar-refractivity contribution < 1.29 is 4.74 Å². The fourth-order valence-electron chi connectivity index (χ4n) is 1.67. The van der Waals surface area contributed by atoms with Crippen molar-refractivity contribution in [1.82, 2.24) is 0 Å². The molecule has 0 aliphatic heterocycles. The third-order valence-electron chi connectivity index (χ3n) is 2.43. The molecule has 0 saturated carbocycles. The molecule has 2 heteroatoms. The summed E-state index contributed by atoms with van der Waals surface area (Å²) in [7, 11) is 0. The van der Waals surface area contributed by atoms with E-state index < -0.39 is 0 Å². The predicted octanol–water partition coefficient (Wildman–Crippen LogP) is 4.85. The van der Waals surface area contributed by atoms with Crippen LogP contribution >= 0.6 is 11.3 Å². The number of benzene rings is 1. The summed E-state index contributed by atoms with van der Waals surface area (Å²) in [5, 5.41) is 4.21. The van der Waals surface area contributed by atoms with Crippen LogP contribution < -0.4 is 4.74 Å². The minimum absolute atomic E-state index is 0.182. The molecule has 0 fully saturated rings. The first-order chi connectivity index (χ1) is 8.20. The largest absolute Gasteiger partial charge is 0.490 e. The van der Waals surface area contributed by atoms with Crippen LogP contribution in [0.2, 0.25) is 0 Å². The van der Waals surface area contributed by atoms with Gasteiger partial charge in [0.25, 0.3) is 0 Å². The third-order valence-corrected chi connectivity index (χ3v) is 3.12. The van der Waals surface area contributed by atoms with E-state index >= 15 is 0 Å². The lowest BCUT2D eigenvalue weighted by atomic mass is 10.0. The Morgan fingerprint density at radius 3 is 2.71 bits per heavy atom. The molecule has 1 nitrogen and oxygen atoms in total. The molecule has 1 heterocycles. The van der Waals surface area contributed by atoms with E-state index in [9.17, 15) is 0 Å². The summed E-state index contributed by atoms with van der Waals surface area (Å²) in [5.41, 5.74) is 3.45. The van der Waals surface area contributed by atoms with Crippen LogP contribution in [0.25, 0.3) is 17.2 Å². The molecule has 0 atom stereocenters. The van der Waals surface area contributed by atoms with Crippen LogP contribution in [0.3, 0.4) is 0 Å². The first-order valence-corrected chi connectivity index (χ1v) is 6.60. The lowest BCUT2D eigenvalue weighted by molar-refractivity contribution is 0.243.